The number of hydrogen-bond acceptors (Lipinski definition) is 5. The number of anilines is 1. The molecule has 21 heavy (non-hydrogen) atoms. The van der Waals surface area contributed by atoms with Crippen molar-refractivity contribution in [1.82, 2.24) is 4.31 Å². The van der Waals surface area contributed by atoms with Gasteiger partial charge in [0.05, 0.1) is 9.82 Å². The lowest BCUT2D eigenvalue weighted by Gasteiger charge is -2.18. The van der Waals surface area contributed by atoms with E-state index in [0.717, 1.165) is 18.6 Å². The van der Waals surface area contributed by atoms with Crippen LogP contribution in [0.25, 0.3) is 0 Å². The number of nitrogens with zero attached hydrogens (tertiary/aromatic N) is 2. The molecule has 0 aliphatic carbocycles. The highest BCUT2D eigenvalue weighted by Crippen LogP contribution is 2.31. The third-order valence-electron chi connectivity index (χ3n) is 3.96. The molecule has 8 heteroatoms. The molecule has 2 rings (SSSR count). The Hall–Kier alpha value is -1.67. The second-order valence-corrected chi connectivity index (χ2v) is 7.57. The molecule has 0 spiro atoms. The van der Waals surface area contributed by atoms with E-state index in [1.54, 1.807) is 0 Å². The Kier molecular flexibility index (Phi) is 4.20. The summed E-state index contributed by atoms with van der Waals surface area (Å²) in [4.78, 5) is 10.1. The first-order valence-electron chi connectivity index (χ1n) is 6.77. The van der Waals surface area contributed by atoms with Gasteiger partial charge in [0.1, 0.15) is 5.69 Å². The Morgan fingerprint density at radius 2 is 2.10 bits per heavy atom. The standard InChI is InChI=1S/C13H19N3O4S/c1-9(2)10-5-6-15(8-10)21(19,20)11-3-4-13(16(17)18)12(14)7-11/h3-4,7,9-10H,5-6,8,14H2,1-2H3. The number of benzene rings is 1. The lowest BCUT2D eigenvalue weighted by Crippen LogP contribution is -2.29. The van der Waals surface area contributed by atoms with Crippen LogP contribution in [0.1, 0.15) is 20.3 Å². The molecule has 2 N–H and O–H groups in total. The zero-order chi connectivity index (χ0) is 15.8. The van der Waals surface area contributed by atoms with Crippen molar-refractivity contribution in [2.24, 2.45) is 11.8 Å². The number of hydrogen-bond donors (Lipinski definition) is 1. The quantitative estimate of drug-likeness (QED) is 0.518. The van der Waals surface area contributed by atoms with Gasteiger partial charge in [0, 0.05) is 19.2 Å². The second-order valence-electron chi connectivity index (χ2n) is 5.63. The van der Waals surface area contributed by atoms with Crippen molar-refractivity contribution in [2.75, 3.05) is 18.8 Å². The maximum atomic E-state index is 12.5. The molecule has 1 saturated heterocycles. The Morgan fingerprint density at radius 1 is 1.43 bits per heavy atom. The van der Waals surface area contributed by atoms with Crippen LogP contribution in [0.15, 0.2) is 23.1 Å². The number of nitro benzene ring substituents is 1. The minimum absolute atomic E-state index is 0.00926. The molecule has 1 atom stereocenters. The van der Waals surface area contributed by atoms with Crippen LogP contribution in [0.3, 0.4) is 0 Å². The fourth-order valence-electron chi connectivity index (χ4n) is 2.52. The number of nitrogens with two attached hydrogens (primary N) is 1. The van der Waals surface area contributed by atoms with Gasteiger partial charge in [-0.15, -0.1) is 0 Å². The predicted octanol–water partition coefficient (Wildman–Crippen LogP) is 1.84. The van der Waals surface area contributed by atoms with Crippen molar-refractivity contribution in [3.63, 3.8) is 0 Å². The maximum Gasteiger partial charge on any atom is 0.292 e. The van der Waals surface area contributed by atoms with E-state index >= 15 is 0 Å². The van der Waals surface area contributed by atoms with Gasteiger partial charge in [-0.05, 0) is 30.4 Å². The summed E-state index contributed by atoms with van der Waals surface area (Å²) >= 11 is 0. The highest BCUT2D eigenvalue weighted by atomic mass is 32.2. The first-order valence-corrected chi connectivity index (χ1v) is 8.21. The molecule has 1 fully saturated rings. The number of nitro groups is 1. The van der Waals surface area contributed by atoms with Gasteiger partial charge in [-0.3, -0.25) is 10.1 Å². The van der Waals surface area contributed by atoms with Crippen molar-refractivity contribution in [1.29, 1.82) is 0 Å². The summed E-state index contributed by atoms with van der Waals surface area (Å²) in [6, 6.07) is 3.54. The van der Waals surface area contributed by atoms with Crippen molar-refractivity contribution < 1.29 is 13.3 Å². The molecular weight excluding hydrogens is 294 g/mol. The van der Waals surface area contributed by atoms with Gasteiger partial charge in [-0.25, -0.2) is 8.42 Å². The molecule has 0 saturated carbocycles. The van der Waals surface area contributed by atoms with Gasteiger partial charge in [-0.1, -0.05) is 13.8 Å². The zero-order valence-electron chi connectivity index (χ0n) is 12.0. The molecule has 1 unspecified atom stereocenters. The number of rotatable bonds is 4. The van der Waals surface area contributed by atoms with E-state index in [2.05, 4.69) is 13.8 Å². The van der Waals surface area contributed by atoms with E-state index in [1.165, 1.54) is 10.4 Å². The van der Waals surface area contributed by atoms with Gasteiger partial charge >= 0.3 is 0 Å². The lowest BCUT2D eigenvalue weighted by atomic mass is 9.96. The monoisotopic (exact) mass is 313 g/mol. The minimum Gasteiger partial charge on any atom is -0.393 e. The van der Waals surface area contributed by atoms with Gasteiger partial charge in [0.15, 0.2) is 0 Å². The van der Waals surface area contributed by atoms with E-state index < -0.39 is 14.9 Å². The Labute approximate surface area is 123 Å². The fourth-order valence-corrected chi connectivity index (χ4v) is 4.07. The van der Waals surface area contributed by atoms with Crippen LogP contribution < -0.4 is 5.73 Å². The molecule has 0 bridgehead atoms. The minimum atomic E-state index is -3.64. The third-order valence-corrected chi connectivity index (χ3v) is 5.82. The maximum absolute atomic E-state index is 12.5. The average molecular weight is 313 g/mol. The molecule has 0 radical (unpaired) electrons. The summed E-state index contributed by atoms with van der Waals surface area (Å²) in [6.07, 6.45) is 0.833. The van der Waals surface area contributed by atoms with Crippen molar-refractivity contribution in [3.8, 4) is 0 Å². The van der Waals surface area contributed by atoms with Crippen LogP contribution in [0.5, 0.6) is 0 Å². The van der Waals surface area contributed by atoms with E-state index in [-0.39, 0.29) is 16.3 Å². The first-order chi connectivity index (χ1) is 9.73. The largest absolute Gasteiger partial charge is 0.393 e. The molecule has 7 nitrogen and oxygen atoms in total. The molecular formula is C13H19N3O4S. The van der Waals surface area contributed by atoms with Crippen LogP contribution in [-0.2, 0) is 10.0 Å². The van der Waals surface area contributed by atoms with Crippen LogP contribution in [-0.4, -0.2) is 30.7 Å². The van der Waals surface area contributed by atoms with E-state index in [1.807, 2.05) is 0 Å². The smallest absolute Gasteiger partial charge is 0.292 e. The van der Waals surface area contributed by atoms with Gasteiger partial charge in [-0.2, -0.15) is 4.31 Å². The molecule has 1 aliphatic heterocycles. The topological polar surface area (TPSA) is 107 Å². The first kappa shape index (κ1) is 15.7. The summed E-state index contributed by atoms with van der Waals surface area (Å²) in [5.41, 5.74) is 5.15. The average Bonchev–Trinajstić information content (AvgIpc) is 2.88. The second kappa shape index (κ2) is 5.61. The van der Waals surface area contributed by atoms with Crippen molar-refractivity contribution in [2.45, 2.75) is 25.2 Å². The summed E-state index contributed by atoms with van der Waals surface area (Å²) in [6.45, 7) is 5.11. The van der Waals surface area contributed by atoms with Crippen LogP contribution in [0.2, 0.25) is 0 Å². The van der Waals surface area contributed by atoms with Crippen LogP contribution >= 0.6 is 0 Å². The van der Waals surface area contributed by atoms with Gasteiger partial charge in [0.2, 0.25) is 10.0 Å². The Bertz CT molecular complexity index is 657. The fraction of sp³-hybridized carbons (Fsp3) is 0.538. The van der Waals surface area contributed by atoms with Gasteiger partial charge < -0.3 is 5.73 Å². The van der Waals surface area contributed by atoms with E-state index in [9.17, 15) is 18.5 Å². The molecule has 1 aromatic rings. The van der Waals surface area contributed by atoms with Crippen LogP contribution in [0.4, 0.5) is 11.4 Å². The normalized spacial score (nSPS) is 20.0. The Morgan fingerprint density at radius 3 is 2.57 bits per heavy atom. The van der Waals surface area contributed by atoms with Crippen molar-refractivity contribution in [3.05, 3.63) is 28.3 Å². The highest BCUT2D eigenvalue weighted by molar-refractivity contribution is 7.89. The molecule has 1 heterocycles. The van der Waals surface area contributed by atoms with Gasteiger partial charge in [0.25, 0.3) is 5.69 Å². The molecule has 1 aliphatic rings. The zero-order valence-corrected chi connectivity index (χ0v) is 12.8. The molecule has 116 valence electrons. The molecule has 0 amide bonds. The SMILES string of the molecule is CC(C)C1CCN(S(=O)(=O)c2ccc([N+](=O)[O-])c(N)c2)C1. The van der Waals surface area contributed by atoms with Crippen molar-refractivity contribution >= 4 is 21.4 Å². The van der Waals surface area contributed by atoms with E-state index in [4.69, 9.17) is 5.73 Å². The van der Waals surface area contributed by atoms with Crippen LogP contribution in [0, 0.1) is 22.0 Å². The number of nitrogen functional groups attached to an aromatic ring is 1. The number of sulfonamides is 1. The van der Waals surface area contributed by atoms with E-state index in [0.29, 0.717) is 24.9 Å². The summed E-state index contributed by atoms with van der Waals surface area (Å²) < 4.78 is 26.5. The molecule has 1 aromatic carbocycles. The Balaban J connectivity index is 2.29. The lowest BCUT2D eigenvalue weighted by molar-refractivity contribution is -0.383. The predicted molar refractivity (Wildman–Crippen MR) is 79.2 cm³/mol. The summed E-state index contributed by atoms with van der Waals surface area (Å²) in [7, 11) is -3.64. The third kappa shape index (κ3) is 3.01. The summed E-state index contributed by atoms with van der Waals surface area (Å²) in [5, 5.41) is 10.7. The summed E-state index contributed by atoms with van der Waals surface area (Å²) in [5.74, 6) is 0.766. The highest BCUT2D eigenvalue weighted by Gasteiger charge is 2.34. The molecule has 0 aromatic heterocycles.